The van der Waals surface area contributed by atoms with Crippen molar-refractivity contribution >= 4 is 34.9 Å². The summed E-state index contributed by atoms with van der Waals surface area (Å²) >= 11 is 4.11. The van der Waals surface area contributed by atoms with E-state index in [-0.39, 0.29) is 0 Å². The van der Waals surface area contributed by atoms with Crippen molar-refractivity contribution in [3.05, 3.63) is 59.6 Å². The molecule has 2 aromatic rings. The highest BCUT2D eigenvalue weighted by molar-refractivity contribution is 8.04. The third-order valence-corrected chi connectivity index (χ3v) is 14.7. The zero-order valence-electron chi connectivity index (χ0n) is 36.1. The van der Waals surface area contributed by atoms with Crippen LogP contribution in [0.1, 0.15) is 219 Å². The van der Waals surface area contributed by atoms with Crippen LogP contribution in [0.3, 0.4) is 0 Å². The molecule has 4 rings (SSSR count). The largest absolute Gasteiger partial charge is 0.335 e. The zero-order valence-corrected chi connectivity index (χ0v) is 37.7. The van der Waals surface area contributed by atoms with Crippen LogP contribution in [0.5, 0.6) is 0 Å². The molecule has 0 saturated carbocycles. The van der Waals surface area contributed by atoms with Crippen molar-refractivity contribution in [2.24, 2.45) is 0 Å². The molecule has 0 spiro atoms. The van der Waals surface area contributed by atoms with Gasteiger partial charge in [-0.2, -0.15) is 0 Å². The Balaban J connectivity index is 1.11. The fraction of sp³-hybridized carbons (Fsp3) is 0.725. The molecule has 4 heteroatoms. The Labute approximate surface area is 350 Å². The van der Waals surface area contributed by atoms with E-state index in [4.69, 9.17) is 0 Å². The summed E-state index contributed by atoms with van der Waals surface area (Å²) in [6.45, 7) is 7.01. The van der Waals surface area contributed by atoms with Gasteiger partial charge in [-0.3, -0.25) is 4.90 Å². The molecule has 0 amide bonds. The van der Waals surface area contributed by atoms with Gasteiger partial charge in [-0.05, 0) is 37.5 Å². The number of rotatable bonds is 35. The Morgan fingerprint density at radius 1 is 0.473 bits per heavy atom. The third kappa shape index (κ3) is 18.8. The molecule has 2 nitrogen and oxygen atoms in total. The lowest BCUT2D eigenvalue weighted by Gasteiger charge is -2.23. The van der Waals surface area contributed by atoms with Gasteiger partial charge in [0.25, 0.3) is 0 Å². The highest BCUT2D eigenvalue weighted by atomic mass is 32.2. The third-order valence-electron chi connectivity index (χ3n) is 12.3. The number of hydrogen-bond acceptors (Lipinski definition) is 3. The van der Waals surface area contributed by atoms with Gasteiger partial charge in [0.2, 0.25) is 0 Å². The van der Waals surface area contributed by atoms with Crippen LogP contribution in [0.2, 0.25) is 0 Å². The Morgan fingerprint density at radius 2 is 0.873 bits per heavy atom. The van der Waals surface area contributed by atoms with Gasteiger partial charge >= 0.3 is 0 Å². The normalized spacial score (nSPS) is 17.1. The van der Waals surface area contributed by atoms with E-state index < -0.39 is 0 Å². The number of quaternary nitrogens is 1. The average Bonchev–Trinajstić information content (AvgIpc) is 3.74. The molecule has 0 fully saturated rings. The molecule has 2 aromatic carbocycles. The molecule has 0 bridgehead atoms. The van der Waals surface area contributed by atoms with Gasteiger partial charge in [0, 0.05) is 23.6 Å². The highest BCUT2D eigenvalue weighted by Gasteiger charge is 2.36. The number of benzene rings is 2. The highest BCUT2D eigenvalue weighted by Crippen LogP contribution is 2.47. The van der Waals surface area contributed by atoms with E-state index in [1.54, 1.807) is 4.90 Å². The minimum atomic E-state index is 0.457. The van der Waals surface area contributed by atoms with Crippen molar-refractivity contribution < 1.29 is 4.90 Å². The second-order valence-corrected chi connectivity index (χ2v) is 19.4. The number of hydrogen-bond donors (Lipinski definition) is 1. The molecule has 0 saturated heterocycles. The van der Waals surface area contributed by atoms with Crippen LogP contribution < -0.4 is 9.80 Å². The quantitative estimate of drug-likeness (QED) is 0.0696. The van der Waals surface area contributed by atoms with Crippen LogP contribution in [0.25, 0.3) is 0 Å². The summed E-state index contributed by atoms with van der Waals surface area (Å²) < 4.78 is 0. The standard InChI is InChI=1S/C51H84N2S2/c1-3-5-7-9-11-13-15-17-19-21-23-25-27-29-31-37-43-52-46-39-33-35-41-48(46)54-50(52)45-51-53(47-40-34-36-42-49(47)55-51)44-38-32-30-28-26-24-22-20-18-16-14-12-10-8-6-4-2/h33-36,39-42,45,50H,3-32,37-38,43-44H2,1-2H3/p+1/b51-45-. The molecule has 1 N–H and O–H groups in total. The van der Waals surface area contributed by atoms with E-state index in [9.17, 15) is 0 Å². The average molecular weight is 790 g/mol. The van der Waals surface area contributed by atoms with Crippen LogP contribution in [0.15, 0.2) is 69.4 Å². The van der Waals surface area contributed by atoms with Crippen molar-refractivity contribution in [1.29, 1.82) is 0 Å². The van der Waals surface area contributed by atoms with Crippen molar-refractivity contribution in [1.82, 2.24) is 0 Å². The number of para-hydroxylation sites is 2. The zero-order chi connectivity index (χ0) is 38.4. The van der Waals surface area contributed by atoms with Gasteiger partial charge < -0.3 is 4.90 Å². The van der Waals surface area contributed by atoms with Crippen molar-refractivity contribution in [3.8, 4) is 0 Å². The summed E-state index contributed by atoms with van der Waals surface area (Å²) in [5.74, 6) is 0. The fourth-order valence-corrected chi connectivity index (χ4v) is 11.4. The number of nitrogens with one attached hydrogen (secondary N) is 1. The van der Waals surface area contributed by atoms with Gasteiger partial charge in [0.1, 0.15) is 5.69 Å². The molecule has 2 atom stereocenters. The minimum absolute atomic E-state index is 0.457. The topological polar surface area (TPSA) is 7.68 Å². The van der Waals surface area contributed by atoms with E-state index >= 15 is 0 Å². The Kier molecular flexibility index (Phi) is 25.8. The van der Waals surface area contributed by atoms with E-state index in [0.717, 1.165) is 6.54 Å². The maximum absolute atomic E-state index is 2.67. The summed E-state index contributed by atoms with van der Waals surface area (Å²) in [5, 5.41) is 1.93. The van der Waals surface area contributed by atoms with Gasteiger partial charge in [0.05, 0.1) is 22.2 Å². The van der Waals surface area contributed by atoms with Crippen LogP contribution in [0, 0.1) is 0 Å². The second kappa shape index (κ2) is 30.7. The first-order chi connectivity index (χ1) is 27.3. The molecular weight excluding hydrogens is 705 g/mol. The first kappa shape index (κ1) is 46.3. The number of fused-ring (bicyclic) bond motifs is 2. The van der Waals surface area contributed by atoms with Gasteiger partial charge in [-0.15, -0.1) is 0 Å². The predicted octanol–water partition coefficient (Wildman–Crippen LogP) is 16.6. The first-order valence-electron chi connectivity index (χ1n) is 24.2. The maximum Gasteiger partial charge on any atom is 0.165 e. The maximum atomic E-state index is 2.67. The summed E-state index contributed by atoms with van der Waals surface area (Å²) in [6, 6.07) is 18.4. The van der Waals surface area contributed by atoms with E-state index in [2.05, 4.69) is 85.1 Å². The molecule has 55 heavy (non-hydrogen) atoms. The Bertz CT molecular complexity index is 1260. The van der Waals surface area contributed by atoms with Gasteiger partial charge in [-0.1, -0.05) is 248 Å². The lowest BCUT2D eigenvalue weighted by Crippen LogP contribution is -3.09. The van der Waals surface area contributed by atoms with Crippen LogP contribution in [-0.2, 0) is 0 Å². The van der Waals surface area contributed by atoms with Crippen LogP contribution in [-0.4, -0.2) is 18.5 Å². The monoisotopic (exact) mass is 790 g/mol. The fourth-order valence-electron chi connectivity index (χ4n) is 8.83. The number of nitrogens with zero attached hydrogens (tertiary/aromatic N) is 1. The molecule has 0 radical (unpaired) electrons. The van der Waals surface area contributed by atoms with E-state index in [1.165, 1.54) is 238 Å². The number of unbranched alkanes of at least 4 members (excludes halogenated alkanes) is 30. The summed E-state index contributed by atoms with van der Waals surface area (Å²) in [7, 11) is 0. The second-order valence-electron chi connectivity index (χ2n) is 17.1. The molecule has 2 unspecified atom stereocenters. The van der Waals surface area contributed by atoms with E-state index in [0.29, 0.717) is 5.37 Å². The van der Waals surface area contributed by atoms with Gasteiger partial charge in [-0.25, -0.2) is 0 Å². The lowest BCUT2D eigenvalue weighted by atomic mass is 10.0. The molecule has 0 aromatic heterocycles. The smallest absolute Gasteiger partial charge is 0.165 e. The molecular formula is C51H85N2S2+. The van der Waals surface area contributed by atoms with Crippen LogP contribution in [0.4, 0.5) is 11.4 Å². The van der Waals surface area contributed by atoms with E-state index in [1.807, 2.05) is 11.8 Å². The molecule has 2 heterocycles. The van der Waals surface area contributed by atoms with Crippen molar-refractivity contribution in [2.75, 3.05) is 18.0 Å². The van der Waals surface area contributed by atoms with Gasteiger partial charge in [0.15, 0.2) is 5.37 Å². The molecule has 310 valence electrons. The lowest BCUT2D eigenvalue weighted by molar-refractivity contribution is -0.835. The van der Waals surface area contributed by atoms with Crippen molar-refractivity contribution in [3.63, 3.8) is 0 Å². The molecule has 0 aliphatic carbocycles. The first-order valence-corrected chi connectivity index (χ1v) is 25.9. The van der Waals surface area contributed by atoms with Crippen molar-refractivity contribution in [2.45, 2.75) is 234 Å². The summed E-state index contributed by atoms with van der Waals surface area (Å²) in [5.41, 5.74) is 2.96. The number of anilines is 1. The Morgan fingerprint density at radius 3 is 1.36 bits per heavy atom. The molecule has 2 aliphatic heterocycles. The summed E-state index contributed by atoms with van der Waals surface area (Å²) in [6.07, 6.45) is 48.3. The van der Waals surface area contributed by atoms with Crippen LogP contribution >= 0.6 is 23.5 Å². The minimum Gasteiger partial charge on any atom is -0.335 e. The SMILES string of the molecule is CCCCCCCCCCCCCCCCCCN1/C(=C/C2Sc3ccccc3[NH+]2CCCCCCCCCCCCCCCCCC)Sc2ccccc21. The summed E-state index contributed by atoms with van der Waals surface area (Å²) in [4.78, 5) is 7.27. The molecule has 2 aliphatic rings. The Hall–Kier alpha value is -1.36. The predicted molar refractivity (Wildman–Crippen MR) is 248 cm³/mol. The number of thioether (sulfide) groups is 2.